The molecule has 1 heterocycles. The molecule has 13 heteroatoms. The number of likely N-dealkylation sites (tertiary alicyclic amines) is 1. The van der Waals surface area contributed by atoms with Gasteiger partial charge in [-0.25, -0.2) is 4.79 Å². The fourth-order valence-corrected chi connectivity index (χ4v) is 12.7. The lowest BCUT2D eigenvalue weighted by Crippen LogP contribution is -2.79. The van der Waals surface area contributed by atoms with Crippen LogP contribution >= 0.6 is 0 Å². The molecule has 1 saturated heterocycles. The third kappa shape index (κ3) is 4.43. The van der Waals surface area contributed by atoms with Crippen LogP contribution in [-0.2, 0) is 42.7 Å². The van der Waals surface area contributed by atoms with Crippen LogP contribution < -0.4 is 4.74 Å². The lowest BCUT2D eigenvalue weighted by molar-refractivity contribution is -0.301. The summed E-state index contributed by atoms with van der Waals surface area (Å²) in [5.74, 6) is -2.67. The molecule has 6 fully saturated rings. The minimum Gasteiger partial charge on any atom is -0.497 e. The average molecular weight is 702 g/mol. The highest BCUT2D eigenvalue weighted by Gasteiger charge is 2.91. The highest BCUT2D eigenvalue weighted by atomic mass is 16.6. The first-order valence-corrected chi connectivity index (χ1v) is 17.6. The third-order valence-electron chi connectivity index (χ3n) is 13.7. The van der Waals surface area contributed by atoms with E-state index < -0.39 is 82.3 Å². The third-order valence-corrected chi connectivity index (χ3v) is 13.7. The van der Waals surface area contributed by atoms with Gasteiger partial charge in [-0.15, -0.1) is 0 Å². The summed E-state index contributed by atoms with van der Waals surface area (Å²) in [5.41, 5.74) is -4.02. The van der Waals surface area contributed by atoms with E-state index in [9.17, 15) is 19.5 Å². The van der Waals surface area contributed by atoms with Crippen molar-refractivity contribution in [1.82, 2.24) is 4.90 Å². The van der Waals surface area contributed by atoms with Crippen LogP contribution in [0.15, 0.2) is 24.3 Å². The summed E-state index contributed by atoms with van der Waals surface area (Å²) in [6.45, 7) is 6.38. The van der Waals surface area contributed by atoms with Gasteiger partial charge in [0.2, 0.25) is 0 Å². The number of carbonyl (C=O) groups is 3. The minimum atomic E-state index is -1.61. The van der Waals surface area contributed by atoms with E-state index in [1.54, 1.807) is 52.7 Å². The molecule has 1 spiro atoms. The van der Waals surface area contributed by atoms with Gasteiger partial charge < -0.3 is 43.0 Å². The molecular formula is C37H51NO12. The molecule has 1 aromatic carbocycles. The smallest absolute Gasteiger partial charge is 0.338 e. The van der Waals surface area contributed by atoms with Crippen molar-refractivity contribution in [3.63, 3.8) is 0 Å². The maximum atomic E-state index is 14.0. The molecule has 1 N–H and O–H groups in total. The maximum Gasteiger partial charge on any atom is 0.338 e. The molecule has 7 bridgehead atoms. The van der Waals surface area contributed by atoms with E-state index in [0.717, 1.165) is 0 Å². The summed E-state index contributed by atoms with van der Waals surface area (Å²) in [4.78, 5) is 42.5. The number of nitrogens with zero attached hydrogens (tertiary/aromatic N) is 1. The largest absolute Gasteiger partial charge is 0.497 e. The monoisotopic (exact) mass is 701 g/mol. The van der Waals surface area contributed by atoms with Crippen molar-refractivity contribution >= 4 is 17.9 Å². The van der Waals surface area contributed by atoms with Crippen LogP contribution in [0.25, 0.3) is 0 Å². The first-order chi connectivity index (χ1) is 23.9. The Morgan fingerprint density at radius 1 is 0.880 bits per heavy atom. The zero-order valence-corrected chi connectivity index (χ0v) is 30.2. The predicted octanol–water partition coefficient (Wildman–Crippen LogP) is 2.26. The molecule has 1 aliphatic heterocycles. The number of hydrogen-bond acceptors (Lipinski definition) is 13. The zero-order chi connectivity index (χ0) is 36.0. The van der Waals surface area contributed by atoms with Crippen LogP contribution in [0.3, 0.4) is 0 Å². The average Bonchev–Trinajstić information content (AvgIpc) is 3.46. The molecular weight excluding hydrogens is 650 g/mol. The van der Waals surface area contributed by atoms with E-state index in [1.807, 2.05) is 0 Å². The van der Waals surface area contributed by atoms with Gasteiger partial charge in [0.25, 0.3) is 0 Å². The van der Waals surface area contributed by atoms with Crippen molar-refractivity contribution in [2.45, 2.75) is 87.8 Å². The SMILES string of the molecule is CCN1C[C@]2(COC)C(OC(C)=O)C[C@H](OC)C34C2[C@@H](OC)C([C@@H]13)[C@@]1(OC(C)=O)C[C@H](OC)C2(O)C[C@@H]4C1[C@H]2OC(=O)c1ccc(OC)cc1. The van der Waals surface area contributed by atoms with E-state index in [4.69, 9.17) is 37.9 Å². The molecule has 0 radical (unpaired) electrons. The highest BCUT2D eigenvalue weighted by molar-refractivity contribution is 5.89. The standard InChI is InChI=1S/C37H51NO12/c1-9-38-17-34(18-43-4)24(48-19(2)39)14-25(45-6)37-23-15-35(42)26(46-7)16-36(50-20(3)40,28(31(37)38)29(47-8)30(34)37)27(23)32(35)49-33(41)21-10-12-22(44-5)13-11-21/h10-13,23-32,42H,9,14-18H2,1-8H3/t23-,24?,25+,26+,27?,28?,29+,30?,31-,32-,34+,35?,36-,37?/m1/s1. The first-order valence-electron chi connectivity index (χ1n) is 17.6. The van der Waals surface area contributed by atoms with Gasteiger partial charge in [0.1, 0.15) is 29.2 Å². The van der Waals surface area contributed by atoms with E-state index in [0.29, 0.717) is 30.8 Å². The topological polar surface area (TPSA) is 149 Å². The number of piperidine rings is 1. The zero-order valence-electron chi connectivity index (χ0n) is 30.2. The number of aliphatic hydroxyl groups is 1. The summed E-state index contributed by atoms with van der Waals surface area (Å²) < 4.78 is 49.8. The molecule has 13 nitrogen and oxygen atoms in total. The maximum absolute atomic E-state index is 14.0. The van der Waals surface area contributed by atoms with Crippen molar-refractivity contribution in [1.29, 1.82) is 0 Å². The van der Waals surface area contributed by atoms with Crippen LogP contribution in [0.2, 0.25) is 0 Å². The van der Waals surface area contributed by atoms with Gasteiger partial charge in [0.15, 0.2) is 0 Å². The minimum absolute atomic E-state index is 0.182. The summed E-state index contributed by atoms with van der Waals surface area (Å²) in [5, 5.41) is 12.9. The van der Waals surface area contributed by atoms with E-state index in [2.05, 4.69) is 11.8 Å². The predicted molar refractivity (Wildman–Crippen MR) is 175 cm³/mol. The number of esters is 3. The summed E-state index contributed by atoms with van der Waals surface area (Å²) >= 11 is 0. The molecule has 7 rings (SSSR count). The van der Waals surface area contributed by atoms with Gasteiger partial charge in [-0.1, -0.05) is 6.92 Å². The normalized spacial score (nSPS) is 45.1. The van der Waals surface area contributed by atoms with E-state index in [-0.39, 0.29) is 37.3 Å². The van der Waals surface area contributed by atoms with Crippen LogP contribution in [-0.4, -0.2) is 131 Å². The van der Waals surface area contributed by atoms with Crippen molar-refractivity contribution < 1.29 is 57.4 Å². The summed E-state index contributed by atoms with van der Waals surface area (Å²) in [7, 11) is 8.09. The molecule has 6 unspecified atom stereocenters. The number of fused-ring (bicyclic) bond motifs is 2. The summed E-state index contributed by atoms with van der Waals surface area (Å²) in [6, 6.07) is 6.38. The van der Waals surface area contributed by atoms with Gasteiger partial charge >= 0.3 is 17.9 Å². The molecule has 14 atom stereocenters. The molecule has 0 amide bonds. The lowest BCUT2D eigenvalue weighted by atomic mass is 9.42. The Balaban J connectivity index is 1.48. The van der Waals surface area contributed by atoms with Gasteiger partial charge in [-0.3, -0.25) is 14.5 Å². The fraction of sp³-hybridized carbons (Fsp3) is 0.757. The Hall–Kier alpha value is -2.81. The molecule has 50 heavy (non-hydrogen) atoms. The Morgan fingerprint density at radius 3 is 2.14 bits per heavy atom. The number of ether oxygens (including phenoxy) is 8. The van der Waals surface area contributed by atoms with Crippen molar-refractivity contribution in [2.75, 3.05) is 55.2 Å². The fourth-order valence-electron chi connectivity index (χ4n) is 12.7. The Morgan fingerprint density at radius 2 is 1.58 bits per heavy atom. The van der Waals surface area contributed by atoms with E-state index in [1.165, 1.54) is 21.0 Å². The lowest BCUT2D eigenvalue weighted by Gasteiger charge is -2.70. The molecule has 5 saturated carbocycles. The number of hydrogen-bond donors (Lipinski definition) is 1. The quantitative estimate of drug-likeness (QED) is 0.266. The summed E-state index contributed by atoms with van der Waals surface area (Å²) in [6.07, 6.45) is -2.66. The second kappa shape index (κ2) is 12.4. The Bertz CT molecular complexity index is 1510. The highest BCUT2D eigenvalue weighted by Crippen LogP contribution is 2.81. The van der Waals surface area contributed by atoms with Gasteiger partial charge in [-0.05, 0) is 43.1 Å². The number of methoxy groups -OCH3 is 5. The molecule has 6 aliphatic rings. The van der Waals surface area contributed by atoms with Crippen LogP contribution in [0, 0.1) is 34.5 Å². The number of carbonyl (C=O) groups excluding carboxylic acids is 3. The molecule has 276 valence electrons. The number of rotatable bonds is 11. The van der Waals surface area contributed by atoms with Gasteiger partial charge in [0.05, 0.1) is 37.6 Å². The van der Waals surface area contributed by atoms with Crippen molar-refractivity contribution in [3.8, 4) is 5.75 Å². The van der Waals surface area contributed by atoms with Gasteiger partial charge in [0, 0.05) is 96.3 Å². The van der Waals surface area contributed by atoms with Crippen LogP contribution in [0.4, 0.5) is 0 Å². The van der Waals surface area contributed by atoms with Crippen molar-refractivity contribution in [2.24, 2.45) is 34.5 Å². The molecule has 0 aromatic heterocycles. The molecule has 1 aromatic rings. The Labute approximate surface area is 293 Å². The van der Waals surface area contributed by atoms with Gasteiger partial charge in [-0.2, -0.15) is 0 Å². The second-order valence-electron chi connectivity index (χ2n) is 15.3. The van der Waals surface area contributed by atoms with Crippen LogP contribution in [0.1, 0.15) is 50.4 Å². The molecule has 5 aliphatic carbocycles. The van der Waals surface area contributed by atoms with E-state index >= 15 is 0 Å². The Kier molecular flexibility index (Phi) is 8.83. The number of benzene rings is 1. The first kappa shape index (κ1) is 35.6. The van der Waals surface area contributed by atoms with Crippen molar-refractivity contribution in [3.05, 3.63) is 29.8 Å². The van der Waals surface area contributed by atoms with Crippen LogP contribution in [0.5, 0.6) is 5.75 Å². The second-order valence-corrected chi connectivity index (χ2v) is 15.3.